The maximum absolute atomic E-state index is 11.7. The van der Waals surface area contributed by atoms with Crippen LogP contribution >= 0.6 is 12.6 Å². The first-order chi connectivity index (χ1) is 9.09. The Labute approximate surface area is 118 Å². The van der Waals surface area contributed by atoms with E-state index in [1.807, 2.05) is 18.2 Å². The lowest BCUT2D eigenvalue weighted by Crippen LogP contribution is -2.29. The number of ether oxygens (including phenoxy) is 2. The molecule has 1 N–H and O–H groups in total. The van der Waals surface area contributed by atoms with Gasteiger partial charge in [-0.05, 0) is 24.1 Å². The van der Waals surface area contributed by atoms with Crippen LogP contribution in [0.5, 0.6) is 11.5 Å². The molecular formula is C14H19NO3S. The van der Waals surface area contributed by atoms with Crippen LogP contribution in [0.4, 0.5) is 0 Å². The SMILES string of the molecule is CCCC(S)(CC(=O)NC)c1ccc2c(c1)OCO2. The molecule has 2 rings (SSSR count). The van der Waals surface area contributed by atoms with Crippen LogP contribution in [-0.4, -0.2) is 19.7 Å². The Bertz CT molecular complexity index is 478. The van der Waals surface area contributed by atoms with Crippen LogP contribution in [0.2, 0.25) is 0 Å². The average molecular weight is 281 g/mol. The maximum atomic E-state index is 11.7. The minimum atomic E-state index is -0.476. The van der Waals surface area contributed by atoms with E-state index in [-0.39, 0.29) is 12.7 Å². The molecule has 1 aromatic rings. The Hall–Kier alpha value is -1.36. The second-order valence-electron chi connectivity index (χ2n) is 4.70. The second-order valence-corrected chi connectivity index (χ2v) is 5.56. The molecule has 1 amide bonds. The molecule has 1 aliphatic heterocycles. The number of nitrogens with one attached hydrogen (secondary N) is 1. The summed E-state index contributed by atoms with van der Waals surface area (Å²) < 4.78 is 10.2. The Kier molecular flexibility index (Phi) is 4.24. The molecule has 104 valence electrons. The first-order valence-corrected chi connectivity index (χ1v) is 6.87. The van der Waals surface area contributed by atoms with Gasteiger partial charge in [-0.1, -0.05) is 19.4 Å². The molecule has 1 unspecified atom stereocenters. The van der Waals surface area contributed by atoms with Gasteiger partial charge < -0.3 is 14.8 Å². The predicted molar refractivity (Wildman–Crippen MR) is 76.8 cm³/mol. The number of carbonyl (C=O) groups excluding carboxylic acids is 1. The van der Waals surface area contributed by atoms with E-state index in [1.54, 1.807) is 7.05 Å². The molecule has 0 aromatic heterocycles. The van der Waals surface area contributed by atoms with Crippen molar-refractivity contribution in [2.45, 2.75) is 30.9 Å². The molecule has 1 aromatic carbocycles. The van der Waals surface area contributed by atoms with Crippen LogP contribution in [0.3, 0.4) is 0 Å². The van der Waals surface area contributed by atoms with E-state index in [0.717, 1.165) is 29.9 Å². The van der Waals surface area contributed by atoms with Crippen LogP contribution in [-0.2, 0) is 9.54 Å². The molecule has 0 saturated carbocycles. The lowest BCUT2D eigenvalue weighted by molar-refractivity contribution is -0.121. The molecule has 19 heavy (non-hydrogen) atoms. The first-order valence-electron chi connectivity index (χ1n) is 6.42. The van der Waals surface area contributed by atoms with E-state index in [1.165, 1.54) is 0 Å². The summed E-state index contributed by atoms with van der Waals surface area (Å²) in [5, 5.41) is 2.66. The van der Waals surface area contributed by atoms with Gasteiger partial charge in [0.2, 0.25) is 12.7 Å². The molecule has 0 spiro atoms. The zero-order chi connectivity index (χ0) is 13.9. The topological polar surface area (TPSA) is 47.6 Å². The summed E-state index contributed by atoms with van der Waals surface area (Å²) in [6.45, 7) is 2.34. The Morgan fingerprint density at radius 1 is 1.42 bits per heavy atom. The van der Waals surface area contributed by atoms with Crippen LogP contribution in [0.1, 0.15) is 31.7 Å². The highest BCUT2D eigenvalue weighted by Crippen LogP contribution is 2.42. The normalized spacial score (nSPS) is 15.9. The van der Waals surface area contributed by atoms with Gasteiger partial charge in [-0.15, -0.1) is 0 Å². The standard InChI is InChI=1S/C14H19NO3S/c1-3-6-14(19,8-13(16)15-2)10-4-5-11-12(7-10)18-9-17-11/h4-5,7,19H,3,6,8-9H2,1-2H3,(H,15,16). The first kappa shape index (κ1) is 14.1. The minimum absolute atomic E-state index is 0.0129. The molecule has 1 heterocycles. The zero-order valence-corrected chi connectivity index (χ0v) is 12.1. The van der Waals surface area contributed by atoms with Gasteiger partial charge in [0, 0.05) is 18.2 Å². The molecule has 0 radical (unpaired) electrons. The van der Waals surface area contributed by atoms with Crippen molar-refractivity contribution in [3.8, 4) is 11.5 Å². The molecule has 0 aliphatic carbocycles. The molecule has 1 aliphatic rings. The number of amides is 1. The smallest absolute Gasteiger partial charge is 0.231 e. The summed E-state index contributed by atoms with van der Waals surface area (Å²) in [4.78, 5) is 11.7. The van der Waals surface area contributed by atoms with Crippen molar-refractivity contribution in [3.63, 3.8) is 0 Å². The van der Waals surface area contributed by atoms with E-state index in [4.69, 9.17) is 22.1 Å². The van der Waals surface area contributed by atoms with E-state index < -0.39 is 4.75 Å². The number of hydrogen-bond acceptors (Lipinski definition) is 4. The zero-order valence-electron chi connectivity index (χ0n) is 11.2. The maximum Gasteiger partial charge on any atom is 0.231 e. The Balaban J connectivity index is 2.30. The van der Waals surface area contributed by atoms with Crippen molar-refractivity contribution in [3.05, 3.63) is 23.8 Å². The highest BCUT2D eigenvalue weighted by atomic mass is 32.1. The lowest BCUT2D eigenvalue weighted by atomic mass is 9.89. The molecule has 0 bridgehead atoms. The van der Waals surface area contributed by atoms with Gasteiger partial charge in [0.1, 0.15) is 0 Å². The van der Waals surface area contributed by atoms with Crippen LogP contribution in [0.15, 0.2) is 18.2 Å². The number of hydrogen-bond donors (Lipinski definition) is 2. The summed E-state index contributed by atoms with van der Waals surface area (Å²) in [5.74, 6) is 1.46. The van der Waals surface area contributed by atoms with Gasteiger partial charge >= 0.3 is 0 Å². The summed E-state index contributed by atoms with van der Waals surface area (Å²) in [6.07, 6.45) is 2.12. The molecule has 5 heteroatoms. The van der Waals surface area contributed by atoms with Gasteiger partial charge in [-0.3, -0.25) is 4.79 Å². The van der Waals surface area contributed by atoms with E-state index in [2.05, 4.69) is 12.2 Å². The Morgan fingerprint density at radius 3 is 2.84 bits per heavy atom. The van der Waals surface area contributed by atoms with Crippen molar-refractivity contribution < 1.29 is 14.3 Å². The highest BCUT2D eigenvalue weighted by Gasteiger charge is 2.31. The summed E-state index contributed by atoms with van der Waals surface area (Å²) in [5.41, 5.74) is 0.991. The molecule has 1 atom stereocenters. The monoisotopic (exact) mass is 281 g/mol. The van der Waals surface area contributed by atoms with Gasteiger partial charge in [-0.25, -0.2) is 0 Å². The van der Waals surface area contributed by atoms with E-state index in [9.17, 15) is 4.79 Å². The van der Waals surface area contributed by atoms with Crippen LogP contribution in [0.25, 0.3) is 0 Å². The Morgan fingerprint density at radius 2 is 2.16 bits per heavy atom. The van der Waals surface area contributed by atoms with Gasteiger partial charge in [-0.2, -0.15) is 12.6 Å². The number of thiol groups is 1. The summed E-state index contributed by atoms with van der Waals surface area (Å²) >= 11 is 4.77. The minimum Gasteiger partial charge on any atom is -0.454 e. The number of rotatable bonds is 5. The second kappa shape index (κ2) is 5.74. The average Bonchev–Trinajstić information content (AvgIpc) is 2.85. The predicted octanol–water partition coefficient (Wildman–Crippen LogP) is 2.48. The molecule has 0 fully saturated rings. The number of carbonyl (C=O) groups is 1. The summed E-state index contributed by atoms with van der Waals surface area (Å²) in [7, 11) is 1.64. The van der Waals surface area contributed by atoms with Gasteiger partial charge in [0.25, 0.3) is 0 Å². The fraction of sp³-hybridized carbons (Fsp3) is 0.500. The molecule has 0 saturated heterocycles. The van der Waals surface area contributed by atoms with Crippen LogP contribution < -0.4 is 14.8 Å². The number of benzene rings is 1. The molecular weight excluding hydrogens is 262 g/mol. The van der Waals surface area contributed by atoms with Crippen molar-refractivity contribution in [2.75, 3.05) is 13.8 Å². The van der Waals surface area contributed by atoms with Crippen molar-refractivity contribution in [2.24, 2.45) is 0 Å². The lowest BCUT2D eigenvalue weighted by Gasteiger charge is -2.28. The van der Waals surface area contributed by atoms with Crippen molar-refractivity contribution in [1.82, 2.24) is 5.32 Å². The highest BCUT2D eigenvalue weighted by molar-refractivity contribution is 7.81. The fourth-order valence-corrected chi connectivity index (χ4v) is 2.79. The summed E-state index contributed by atoms with van der Waals surface area (Å²) in [6, 6.07) is 5.76. The quantitative estimate of drug-likeness (QED) is 0.815. The van der Waals surface area contributed by atoms with Crippen LogP contribution in [0, 0.1) is 0 Å². The van der Waals surface area contributed by atoms with Crippen molar-refractivity contribution >= 4 is 18.5 Å². The van der Waals surface area contributed by atoms with E-state index in [0.29, 0.717) is 6.42 Å². The largest absolute Gasteiger partial charge is 0.454 e. The van der Waals surface area contributed by atoms with E-state index >= 15 is 0 Å². The third kappa shape index (κ3) is 2.97. The molecule has 4 nitrogen and oxygen atoms in total. The van der Waals surface area contributed by atoms with Gasteiger partial charge in [0.05, 0.1) is 0 Å². The van der Waals surface area contributed by atoms with Gasteiger partial charge in [0.15, 0.2) is 11.5 Å². The fourth-order valence-electron chi connectivity index (χ4n) is 2.29. The van der Waals surface area contributed by atoms with Crippen molar-refractivity contribution in [1.29, 1.82) is 0 Å². The number of fused-ring (bicyclic) bond motifs is 1. The third-order valence-corrected chi connectivity index (χ3v) is 3.95. The third-order valence-electron chi connectivity index (χ3n) is 3.31.